The first-order valence-corrected chi connectivity index (χ1v) is 51.2. The number of ketones is 6. The number of nitrogens with one attached hydrogen (secondary N) is 6. The number of nitro groups is 2. The zero-order valence-corrected chi connectivity index (χ0v) is 90.4. The van der Waals surface area contributed by atoms with E-state index in [4.69, 9.17) is 132 Å². The number of hydrogen-bond acceptors (Lipinski definition) is 32. The van der Waals surface area contributed by atoms with E-state index in [2.05, 4.69) is 98.1 Å². The summed E-state index contributed by atoms with van der Waals surface area (Å²) >= 11 is 45.2. The molecule has 12 aromatic rings. The second-order valence-electron chi connectivity index (χ2n) is 28.3. The molecule has 8 aromatic carbocycles. The fraction of sp³-hybridized carbons (Fsp3) is 0.134. The number of anilines is 11. The van der Waals surface area contributed by atoms with Gasteiger partial charge in [0.1, 0.15) is 15.1 Å². The molecular weight excluding hydrogens is 2260 g/mol. The topological polar surface area (TPSA) is 569 Å². The minimum absolute atomic E-state index is 0. The van der Waals surface area contributed by atoms with Crippen molar-refractivity contribution in [3.63, 3.8) is 0 Å². The van der Waals surface area contributed by atoms with Crippen LogP contribution in [0, 0.1) is 20.2 Å². The van der Waals surface area contributed by atoms with Crippen LogP contribution in [-0.2, 0) is 57.6 Å². The normalized spacial score (nSPS) is 9.46. The number of non-ortho nitro benzene ring substituents is 2. The zero-order valence-electron chi connectivity index (χ0n) is 79.1. The molecule has 0 saturated heterocycles. The number of nitrogens with zero attached hydrogens (tertiary/aromatic N) is 13. The van der Waals surface area contributed by atoms with Crippen LogP contribution in [0.25, 0.3) is 0 Å². The van der Waals surface area contributed by atoms with Crippen molar-refractivity contribution in [2.45, 2.75) is 26.7 Å². The van der Waals surface area contributed by atoms with Crippen molar-refractivity contribution in [2.75, 3.05) is 102 Å². The number of para-hydroxylation sites is 3. The Morgan fingerprint density at radius 3 is 1.16 bits per heavy atom. The molecule has 12 rings (SSSR count). The van der Waals surface area contributed by atoms with Gasteiger partial charge in [-0.05, 0) is 174 Å². The van der Waals surface area contributed by atoms with E-state index in [1.54, 1.807) is 146 Å². The molecule has 0 spiro atoms. The second kappa shape index (κ2) is 72.0. The number of amides is 4. The Balaban J connectivity index is 0.00000171. The summed E-state index contributed by atoms with van der Waals surface area (Å²) in [5.41, 5.74) is 17.6. The number of carbonyl (C=O) groups excluding carboxylic acids is 11. The number of aliphatic hydroxyl groups excluding tert-OH is 1. The maximum absolute atomic E-state index is 12.6. The monoisotopic (exact) mass is 2350 g/mol. The van der Waals surface area contributed by atoms with Crippen molar-refractivity contribution in [1.29, 1.82) is 0 Å². The van der Waals surface area contributed by atoms with E-state index in [0.717, 1.165) is 18.7 Å². The van der Waals surface area contributed by atoms with Crippen molar-refractivity contribution in [3.05, 3.63) is 370 Å². The predicted molar refractivity (Wildman–Crippen MR) is 586 cm³/mol. The first-order chi connectivity index (χ1) is 69.2. The fourth-order valence-electron chi connectivity index (χ4n) is 10.4. The number of aliphatic hydroxyl groups is 1. The number of nitrogen functional groups attached to an aromatic ring is 2. The fourth-order valence-corrected chi connectivity index (χ4v) is 11.4. The van der Waals surface area contributed by atoms with E-state index in [9.17, 15) is 77.8 Å². The molecule has 0 unspecified atom stereocenters. The van der Waals surface area contributed by atoms with Crippen LogP contribution < -0.4 is 43.4 Å². The summed E-state index contributed by atoms with van der Waals surface area (Å²) in [4.78, 5) is 193. The minimum atomic E-state index is -1.55. The number of aromatic nitrogens is 8. The van der Waals surface area contributed by atoms with Crippen molar-refractivity contribution >= 4 is 286 Å². The Morgan fingerprint density at radius 2 is 0.770 bits per heavy atom. The molecule has 4 heterocycles. The van der Waals surface area contributed by atoms with Crippen LogP contribution in [0.4, 0.5) is 74.6 Å². The van der Waals surface area contributed by atoms with Gasteiger partial charge in [-0.2, -0.15) is 15.0 Å². The Labute approximate surface area is 914 Å². The van der Waals surface area contributed by atoms with E-state index in [1.165, 1.54) is 136 Å². The third-order valence-corrected chi connectivity index (χ3v) is 18.8. The second-order valence-corrected chi connectivity index (χ2v) is 35.5. The Bertz CT molecular complexity index is 6500. The summed E-state index contributed by atoms with van der Waals surface area (Å²) in [5, 5.41) is 54.0. The van der Waals surface area contributed by atoms with E-state index in [0.29, 0.717) is 68.0 Å². The van der Waals surface area contributed by atoms with Crippen LogP contribution >= 0.6 is 123 Å². The number of likely N-dealkylation sites (N-methyl/N-ethyl adjacent to an activating group) is 3. The molecule has 0 fully saturated rings. The molecule has 148 heavy (non-hydrogen) atoms. The predicted octanol–water partition coefficient (Wildman–Crippen LogP) is 19.3. The van der Waals surface area contributed by atoms with Gasteiger partial charge >= 0.3 is 42.7 Å². The molecule has 12 N–H and O–H groups in total. The average Bonchev–Trinajstić information content (AvgIpc) is 0.833. The molecular formula is C97H98Cl11N21O18Sn. The molecule has 4 amide bonds. The van der Waals surface area contributed by atoms with Gasteiger partial charge in [-0.15, -0.1) is 12.4 Å². The van der Waals surface area contributed by atoms with Crippen LogP contribution in [0.5, 0.6) is 0 Å². The van der Waals surface area contributed by atoms with E-state index >= 15 is 0 Å². The maximum atomic E-state index is 12.6. The van der Waals surface area contributed by atoms with Crippen molar-refractivity contribution in [3.8, 4) is 0 Å². The van der Waals surface area contributed by atoms with Crippen LogP contribution in [-0.4, -0.2) is 227 Å². The average molecular weight is 2350 g/mol. The number of aliphatic carboxylic acids is 1. The van der Waals surface area contributed by atoms with Gasteiger partial charge < -0.3 is 68.3 Å². The first-order valence-electron chi connectivity index (χ1n) is 41.0. The standard InChI is InChI=1S/C23H21ClN6O3.C15H13Cl2N3O2.C14H12Cl2N4O2.C12H7Cl2N3O3.C10H9NO3.C10H11NO.C6H6N2O2.C3H3ClO.C2H7N.CH4O.CH4.3ClH.Sn/c1-4-19(31)26-14-8-7-9-15(12-14)27-23-25-13-17(24)21(29-23)28-18-11-6-5-10-16(18)20(32)22(33)30(2)3;1-20(2)14(22)13(21)10-6-4-3-5-9(10)7-12-11(16)8-18-15(17)19-12;1-20(2)13(22)11(21)8-5-3-4-6-10(8)18-12-9(15)7-17-14(16)19-12;13-7-5-15-12(14)17-10(7)16-8-4-2-1-3-6(8)9(18)11(19)20;1-2-10(12)7-8-4-3-5-9(6-8)11(13)14;1-2-10(12)7-8-4-3-5-9(11)6-8;7-5-2-1-3-6(4-5)8(9)10;1-2-3(4)5;1-3-2;1-2;;;;;/h4-13H,1H2,2-3H3,(H,26,31)(H2,25,27,28,29);3-6,8H,7H2,1-2H3;3-7H,1-2H3,(H,17,18,19);1-5H,(H,19,20)(H,15,16,17);2-6H,1,7H2;2-6H,1,7,11H2;1-4H,7H2;2H,1H2;3H,1-2H3;2H,1H3;1H4;3*1H;/q;;;;;;;;;;;;;;+2/p-2. The number of benzene rings is 8. The molecule has 51 heteroatoms. The number of hydrogen-bond donors (Lipinski definition) is 10. The van der Waals surface area contributed by atoms with Gasteiger partial charge in [0.25, 0.3) is 52.2 Å². The van der Waals surface area contributed by atoms with Crippen LogP contribution in [0.2, 0.25) is 35.9 Å². The molecule has 0 aliphatic heterocycles. The van der Waals surface area contributed by atoms with Gasteiger partial charge in [0.2, 0.25) is 32.9 Å². The van der Waals surface area contributed by atoms with E-state index < -0.39 is 80.8 Å². The van der Waals surface area contributed by atoms with Gasteiger partial charge in [-0.3, -0.25) is 73.0 Å². The molecule has 0 atom stereocenters. The number of carboxylic acids is 1. The molecule has 0 bridgehead atoms. The van der Waals surface area contributed by atoms with Crippen molar-refractivity contribution < 1.29 is 77.6 Å². The van der Waals surface area contributed by atoms with Crippen LogP contribution in [0.1, 0.15) is 71.2 Å². The van der Waals surface area contributed by atoms with E-state index in [-0.39, 0.29) is 138 Å². The third kappa shape index (κ3) is 49.2. The van der Waals surface area contributed by atoms with Gasteiger partial charge in [-0.1, -0.05) is 177 Å². The number of Topliss-reactive ketones (excluding diaryl/α,β-unsaturated/α-hetero) is 4. The summed E-state index contributed by atoms with van der Waals surface area (Å²) in [6.07, 6.45) is 11.0. The Morgan fingerprint density at radius 1 is 0.432 bits per heavy atom. The third-order valence-electron chi connectivity index (χ3n) is 16.9. The summed E-state index contributed by atoms with van der Waals surface area (Å²) in [6, 6.07) is 52.2. The van der Waals surface area contributed by atoms with Gasteiger partial charge in [-0.25, -0.2) is 29.7 Å². The molecule has 0 aliphatic rings. The zero-order chi connectivity index (χ0) is 110. The molecule has 780 valence electrons. The molecule has 39 nitrogen and oxygen atoms in total. The summed E-state index contributed by atoms with van der Waals surface area (Å²) in [7, 11) is 23.7. The summed E-state index contributed by atoms with van der Waals surface area (Å²) in [6.45, 7) is 13.2. The summed E-state index contributed by atoms with van der Waals surface area (Å²) in [5.74, 6) is -5.89. The first kappa shape index (κ1) is 134. The quantitative estimate of drug-likeness (QED) is 0.00239. The van der Waals surface area contributed by atoms with Crippen LogP contribution in [0.15, 0.2) is 270 Å². The molecule has 0 aliphatic carbocycles. The number of halogens is 11. The molecule has 2 radical (unpaired) electrons. The molecule has 0 saturated carbocycles. The Kier molecular flexibility index (Phi) is 65.0. The summed E-state index contributed by atoms with van der Waals surface area (Å²) < 4.78 is 0. The number of carboxylic acid groups (broad SMARTS) is 1. The molecule has 4 aromatic heterocycles. The SMILES string of the molecule is C.C=CC(=O)Cc1cccc(N)c1.C=CC(=O)Cc1cccc([N+](=O)[O-])c1.C=CC(=O)Cl.C=CC(=O)Nc1cccc(Nc2ncc(Cl)c(Nc3ccccc3C(=O)C(=O)N(C)C)n2)c1.CN(C)C(=O)C(=O)c1ccccc1Cc1nc(Cl)ncc1Cl.CN(C)C(=O)C(=O)c1ccccc1Nc1nc(Cl)ncc1Cl.CNC.CO.Cl.Nc1cccc([N+](=O)[O-])c1.O=C(O)C(=O)c1ccccc1Nc1nc(Cl)ncc1Cl.[Cl][Sn][Cl]. The number of nitro benzene ring substituents is 2. The van der Waals surface area contributed by atoms with Crippen LogP contribution in [0.3, 0.4) is 0 Å². The van der Waals surface area contributed by atoms with E-state index in [1.807, 2.05) is 26.2 Å². The van der Waals surface area contributed by atoms with Crippen molar-refractivity contribution in [2.24, 2.45) is 0 Å². The van der Waals surface area contributed by atoms with Gasteiger partial charge in [0.15, 0.2) is 29.0 Å². The van der Waals surface area contributed by atoms with Gasteiger partial charge in [0, 0.05) is 121 Å². The number of allylic oxidation sites excluding steroid dienone is 3. The number of rotatable bonds is 29. The number of carbonyl (C=O) groups is 12. The van der Waals surface area contributed by atoms with Crippen molar-refractivity contribution in [1.82, 2.24) is 59.9 Å². The number of nitrogens with two attached hydrogens (primary N) is 2. The van der Waals surface area contributed by atoms with Gasteiger partial charge in [0.05, 0.1) is 79.1 Å². The Hall–Kier alpha value is -14.4.